The molecule has 0 saturated heterocycles. The minimum atomic E-state index is 0.696. The van der Waals surface area contributed by atoms with Gasteiger partial charge in [0.1, 0.15) is 0 Å². The minimum Gasteiger partial charge on any atom is -0.326 e. The van der Waals surface area contributed by atoms with Gasteiger partial charge in [-0.05, 0) is 42.5 Å². The fourth-order valence-electron chi connectivity index (χ4n) is 1.71. The third kappa shape index (κ3) is 2.35. The van der Waals surface area contributed by atoms with E-state index in [4.69, 9.17) is 11.6 Å². The number of hydrogen-bond acceptors (Lipinski definition) is 2. The minimum absolute atomic E-state index is 0.696. The number of rotatable bonds is 2. The van der Waals surface area contributed by atoms with Crippen LogP contribution in [0.2, 0.25) is 5.02 Å². The summed E-state index contributed by atoms with van der Waals surface area (Å²) in [7, 11) is 0. The third-order valence-electron chi connectivity index (χ3n) is 2.55. The number of aromatic nitrogens is 2. The molecule has 3 rings (SSSR count). The number of imidazole rings is 1. The molecule has 0 aliphatic carbocycles. The fraction of sp³-hybridized carbons (Fsp3) is 0. The van der Waals surface area contributed by atoms with Gasteiger partial charge >= 0.3 is 0 Å². The molecule has 18 heavy (non-hydrogen) atoms. The molecule has 0 aliphatic heterocycles. The van der Waals surface area contributed by atoms with Crippen molar-refractivity contribution in [1.29, 1.82) is 0 Å². The Bertz CT molecular complexity index is 691. The van der Waals surface area contributed by atoms with E-state index in [0.29, 0.717) is 11.0 Å². The maximum atomic E-state index is 5.93. The van der Waals surface area contributed by atoms with Crippen LogP contribution in [0.5, 0.6) is 0 Å². The van der Waals surface area contributed by atoms with E-state index in [9.17, 15) is 0 Å². The zero-order chi connectivity index (χ0) is 12.5. The van der Waals surface area contributed by atoms with Crippen LogP contribution in [0, 0.1) is 0 Å². The number of fused-ring (bicyclic) bond motifs is 1. The first-order valence-electron chi connectivity index (χ1n) is 5.38. The van der Waals surface area contributed by atoms with E-state index in [-0.39, 0.29) is 0 Å². The molecule has 5 heteroatoms. The molecular formula is C13H9BrClN3. The Morgan fingerprint density at radius 1 is 1.11 bits per heavy atom. The highest BCUT2D eigenvalue weighted by molar-refractivity contribution is 9.10. The molecule has 2 aromatic carbocycles. The second-order valence-electron chi connectivity index (χ2n) is 3.88. The predicted molar refractivity (Wildman–Crippen MR) is 78.5 cm³/mol. The average molecular weight is 323 g/mol. The van der Waals surface area contributed by atoms with Gasteiger partial charge in [-0.1, -0.05) is 27.5 Å². The van der Waals surface area contributed by atoms with Crippen LogP contribution in [0.4, 0.5) is 11.6 Å². The Balaban J connectivity index is 1.92. The van der Waals surface area contributed by atoms with Crippen molar-refractivity contribution in [2.45, 2.75) is 0 Å². The molecule has 90 valence electrons. The number of anilines is 2. The van der Waals surface area contributed by atoms with Crippen LogP contribution in [0.25, 0.3) is 11.0 Å². The summed E-state index contributed by atoms with van der Waals surface area (Å²) in [4.78, 5) is 7.62. The van der Waals surface area contributed by atoms with Gasteiger partial charge in [0.2, 0.25) is 5.95 Å². The molecule has 0 spiro atoms. The molecule has 1 aromatic heterocycles. The molecule has 0 aliphatic rings. The zero-order valence-corrected chi connectivity index (χ0v) is 11.6. The van der Waals surface area contributed by atoms with Crippen LogP contribution in [-0.2, 0) is 0 Å². The summed E-state index contributed by atoms with van der Waals surface area (Å²) >= 11 is 9.33. The Hall–Kier alpha value is -1.52. The zero-order valence-electron chi connectivity index (χ0n) is 9.24. The van der Waals surface area contributed by atoms with Gasteiger partial charge in [0.05, 0.1) is 11.0 Å². The summed E-state index contributed by atoms with van der Waals surface area (Å²) in [5.74, 6) is 0.703. The largest absolute Gasteiger partial charge is 0.326 e. The maximum Gasteiger partial charge on any atom is 0.205 e. The first-order valence-corrected chi connectivity index (χ1v) is 6.56. The highest BCUT2D eigenvalue weighted by atomic mass is 79.9. The lowest BCUT2D eigenvalue weighted by molar-refractivity contribution is 1.31. The van der Waals surface area contributed by atoms with Crippen LogP contribution >= 0.6 is 27.5 Å². The van der Waals surface area contributed by atoms with Crippen molar-refractivity contribution < 1.29 is 0 Å². The van der Waals surface area contributed by atoms with Crippen LogP contribution in [0.15, 0.2) is 46.9 Å². The van der Waals surface area contributed by atoms with Gasteiger partial charge in [0.15, 0.2) is 0 Å². The van der Waals surface area contributed by atoms with Gasteiger partial charge in [-0.25, -0.2) is 4.98 Å². The Labute approximate surface area is 117 Å². The molecule has 1 heterocycles. The van der Waals surface area contributed by atoms with Crippen molar-refractivity contribution >= 4 is 50.2 Å². The van der Waals surface area contributed by atoms with Crippen molar-refractivity contribution in [3.63, 3.8) is 0 Å². The van der Waals surface area contributed by atoms with E-state index in [1.807, 2.05) is 42.5 Å². The van der Waals surface area contributed by atoms with Crippen LogP contribution in [0.3, 0.4) is 0 Å². The molecule has 0 fully saturated rings. The van der Waals surface area contributed by atoms with Gasteiger partial charge in [-0.3, -0.25) is 0 Å². The second kappa shape index (κ2) is 4.63. The van der Waals surface area contributed by atoms with Gasteiger partial charge < -0.3 is 10.3 Å². The van der Waals surface area contributed by atoms with Crippen LogP contribution in [0.1, 0.15) is 0 Å². The van der Waals surface area contributed by atoms with Gasteiger partial charge in [-0.15, -0.1) is 0 Å². The van der Waals surface area contributed by atoms with E-state index in [1.165, 1.54) is 0 Å². The van der Waals surface area contributed by atoms with Gasteiger partial charge in [-0.2, -0.15) is 0 Å². The number of hydrogen-bond donors (Lipinski definition) is 2. The molecule has 0 radical (unpaired) electrons. The third-order valence-corrected chi connectivity index (χ3v) is 3.31. The predicted octanol–water partition coefficient (Wildman–Crippen LogP) is 4.72. The first kappa shape index (κ1) is 11.6. The average Bonchev–Trinajstić information content (AvgIpc) is 2.73. The van der Waals surface area contributed by atoms with Crippen molar-refractivity contribution in [1.82, 2.24) is 9.97 Å². The number of benzene rings is 2. The fourth-order valence-corrected chi connectivity index (χ4v) is 2.15. The van der Waals surface area contributed by atoms with Crippen molar-refractivity contribution in [2.24, 2.45) is 0 Å². The lowest BCUT2D eigenvalue weighted by Crippen LogP contribution is -1.91. The van der Waals surface area contributed by atoms with Crippen molar-refractivity contribution in [3.05, 3.63) is 52.0 Å². The number of nitrogens with one attached hydrogen (secondary N) is 2. The topological polar surface area (TPSA) is 40.7 Å². The molecule has 3 nitrogen and oxygen atoms in total. The van der Waals surface area contributed by atoms with E-state index in [2.05, 4.69) is 31.2 Å². The van der Waals surface area contributed by atoms with E-state index in [1.54, 1.807) is 0 Å². The van der Waals surface area contributed by atoms with E-state index in [0.717, 1.165) is 21.2 Å². The normalized spacial score (nSPS) is 10.8. The lowest BCUT2D eigenvalue weighted by atomic mass is 10.3. The number of halogens is 2. The van der Waals surface area contributed by atoms with Crippen LogP contribution < -0.4 is 5.32 Å². The van der Waals surface area contributed by atoms with Crippen LogP contribution in [-0.4, -0.2) is 9.97 Å². The Morgan fingerprint density at radius 2 is 1.89 bits per heavy atom. The molecule has 0 bridgehead atoms. The Kier molecular flexibility index (Phi) is 2.97. The number of nitrogens with zero attached hydrogens (tertiary/aromatic N) is 1. The first-order chi connectivity index (χ1) is 8.70. The molecule has 0 atom stereocenters. The second-order valence-corrected chi connectivity index (χ2v) is 5.23. The molecule has 3 aromatic rings. The monoisotopic (exact) mass is 321 g/mol. The standard InChI is InChI=1S/C13H9BrClN3/c14-8-1-4-10(5-2-8)16-13-17-11-6-3-9(15)7-12(11)18-13/h1-7H,(H2,16,17,18). The Morgan fingerprint density at radius 3 is 2.67 bits per heavy atom. The highest BCUT2D eigenvalue weighted by Crippen LogP contribution is 2.22. The SMILES string of the molecule is Clc1ccc2nc(Nc3ccc(Br)cc3)[nH]c2c1. The maximum absolute atomic E-state index is 5.93. The number of H-pyrrole nitrogens is 1. The quantitative estimate of drug-likeness (QED) is 0.716. The summed E-state index contributed by atoms with van der Waals surface area (Å²) in [5.41, 5.74) is 2.78. The van der Waals surface area contributed by atoms with Crippen molar-refractivity contribution in [3.8, 4) is 0 Å². The summed E-state index contributed by atoms with van der Waals surface area (Å²) in [6.45, 7) is 0. The van der Waals surface area contributed by atoms with E-state index >= 15 is 0 Å². The van der Waals surface area contributed by atoms with E-state index < -0.39 is 0 Å². The molecule has 2 N–H and O–H groups in total. The molecule has 0 amide bonds. The van der Waals surface area contributed by atoms with Gasteiger partial charge in [0.25, 0.3) is 0 Å². The summed E-state index contributed by atoms with van der Waals surface area (Å²) < 4.78 is 1.05. The molecule has 0 unspecified atom stereocenters. The summed E-state index contributed by atoms with van der Waals surface area (Å²) in [6, 6.07) is 13.5. The summed E-state index contributed by atoms with van der Waals surface area (Å²) in [5, 5.41) is 3.91. The lowest BCUT2D eigenvalue weighted by Gasteiger charge is -2.01. The molecular weight excluding hydrogens is 314 g/mol. The smallest absolute Gasteiger partial charge is 0.205 e. The highest BCUT2D eigenvalue weighted by Gasteiger charge is 2.03. The molecule has 0 saturated carbocycles. The number of aromatic amines is 1. The van der Waals surface area contributed by atoms with Gasteiger partial charge in [0, 0.05) is 15.2 Å². The van der Waals surface area contributed by atoms with Crippen molar-refractivity contribution in [2.75, 3.05) is 5.32 Å². The summed E-state index contributed by atoms with van der Waals surface area (Å²) in [6.07, 6.45) is 0.